The van der Waals surface area contributed by atoms with Crippen LogP contribution in [0.15, 0.2) is 60.9 Å². The first-order chi connectivity index (χ1) is 15.2. The molecule has 0 saturated carbocycles. The number of amides is 1. The lowest BCUT2D eigenvalue weighted by atomic mass is 10.1. The van der Waals surface area contributed by atoms with Gasteiger partial charge in [-0.15, -0.1) is 0 Å². The minimum absolute atomic E-state index is 0.218. The number of hydrogen-bond donors (Lipinski definition) is 1. The summed E-state index contributed by atoms with van der Waals surface area (Å²) >= 11 is 0. The van der Waals surface area contributed by atoms with Crippen LogP contribution in [-0.4, -0.2) is 33.9 Å². The van der Waals surface area contributed by atoms with Crippen molar-refractivity contribution in [3.05, 3.63) is 72.1 Å². The smallest absolute Gasteiger partial charge is 0.257 e. The highest BCUT2D eigenvalue weighted by Gasteiger charge is 2.17. The Bertz CT molecular complexity index is 1250. The molecule has 8 nitrogen and oxygen atoms in total. The Morgan fingerprint density at radius 3 is 2.81 bits per heavy atom. The van der Waals surface area contributed by atoms with Gasteiger partial charge in [0.2, 0.25) is 6.79 Å². The average molecular weight is 416 g/mol. The Morgan fingerprint density at radius 2 is 1.97 bits per heavy atom. The van der Waals surface area contributed by atoms with Crippen molar-refractivity contribution in [1.29, 1.82) is 0 Å². The molecule has 0 aliphatic carbocycles. The second kappa shape index (κ2) is 7.98. The number of nitrogens with zero attached hydrogens (tertiary/aromatic N) is 3. The number of fused-ring (bicyclic) bond motifs is 2. The maximum Gasteiger partial charge on any atom is 0.257 e. The number of carbonyl (C=O) groups is 1. The molecule has 0 saturated heterocycles. The van der Waals surface area contributed by atoms with Crippen LogP contribution in [0.5, 0.6) is 17.2 Å². The number of benzene rings is 2. The molecule has 5 rings (SSSR count). The fourth-order valence-electron chi connectivity index (χ4n) is 3.49. The van der Waals surface area contributed by atoms with Gasteiger partial charge >= 0.3 is 0 Å². The quantitative estimate of drug-likeness (QED) is 0.518. The maximum atomic E-state index is 12.8. The van der Waals surface area contributed by atoms with Crippen LogP contribution >= 0.6 is 0 Å². The molecule has 1 aliphatic rings. The maximum absolute atomic E-state index is 12.8. The van der Waals surface area contributed by atoms with Crippen molar-refractivity contribution in [2.75, 3.05) is 13.4 Å². The van der Waals surface area contributed by atoms with Gasteiger partial charge in [-0.2, -0.15) is 5.10 Å². The van der Waals surface area contributed by atoms with Gasteiger partial charge in [-0.1, -0.05) is 6.07 Å². The highest BCUT2D eigenvalue weighted by Crippen LogP contribution is 2.32. The number of hydrogen-bond acceptors (Lipinski definition) is 6. The first kappa shape index (κ1) is 18.9. The third-order valence-corrected chi connectivity index (χ3v) is 5.00. The lowest BCUT2D eigenvalue weighted by Gasteiger charge is -2.08. The van der Waals surface area contributed by atoms with Gasteiger partial charge in [0.25, 0.3) is 5.91 Å². The molecule has 1 N–H and O–H groups in total. The van der Waals surface area contributed by atoms with E-state index in [0.717, 1.165) is 22.6 Å². The average Bonchev–Trinajstić information content (AvgIpc) is 3.45. The zero-order chi connectivity index (χ0) is 21.2. The minimum Gasteiger partial charge on any atom is -0.494 e. The van der Waals surface area contributed by atoms with Gasteiger partial charge < -0.3 is 19.5 Å². The molecule has 8 heteroatoms. The van der Waals surface area contributed by atoms with E-state index < -0.39 is 0 Å². The van der Waals surface area contributed by atoms with E-state index in [9.17, 15) is 4.79 Å². The predicted octanol–water partition coefficient (Wildman–Crippen LogP) is 3.45. The molecule has 0 radical (unpaired) electrons. The van der Waals surface area contributed by atoms with E-state index in [1.807, 2.05) is 55.5 Å². The van der Waals surface area contributed by atoms with Crippen molar-refractivity contribution in [3.8, 4) is 28.5 Å². The van der Waals surface area contributed by atoms with Crippen LogP contribution < -0.4 is 19.5 Å². The summed E-state index contributed by atoms with van der Waals surface area (Å²) in [4.78, 5) is 17.2. The fourth-order valence-corrected chi connectivity index (χ4v) is 3.49. The molecule has 2 aromatic heterocycles. The summed E-state index contributed by atoms with van der Waals surface area (Å²) in [5, 5.41) is 7.32. The highest BCUT2D eigenvalue weighted by atomic mass is 16.7. The molecule has 156 valence electrons. The first-order valence-corrected chi connectivity index (χ1v) is 9.95. The lowest BCUT2D eigenvalue weighted by molar-refractivity contribution is 0.0952. The van der Waals surface area contributed by atoms with Crippen LogP contribution in [0.2, 0.25) is 0 Å². The van der Waals surface area contributed by atoms with Crippen molar-refractivity contribution in [1.82, 2.24) is 19.9 Å². The standard InChI is InChI=1S/C23H20N4O4/c1-2-29-17-6-4-16(5-7-17)19-9-10-24-22-18(13-26-27(19)22)23(28)25-12-15-3-8-20-21(11-15)31-14-30-20/h3-11,13H,2,12,14H2,1H3,(H,25,28). The summed E-state index contributed by atoms with van der Waals surface area (Å²) in [5.41, 5.74) is 3.61. The van der Waals surface area contributed by atoms with Crippen molar-refractivity contribution < 1.29 is 19.0 Å². The molecule has 0 bridgehead atoms. The zero-order valence-electron chi connectivity index (χ0n) is 16.9. The topological polar surface area (TPSA) is 87.0 Å². The van der Waals surface area contributed by atoms with Gasteiger partial charge in [-0.05, 0) is 55.0 Å². The summed E-state index contributed by atoms with van der Waals surface area (Å²) in [5.74, 6) is 1.96. The molecule has 1 amide bonds. The second-order valence-corrected chi connectivity index (χ2v) is 6.95. The van der Waals surface area contributed by atoms with Crippen molar-refractivity contribution in [2.24, 2.45) is 0 Å². The third kappa shape index (κ3) is 3.63. The van der Waals surface area contributed by atoms with Gasteiger partial charge in [-0.3, -0.25) is 4.79 Å². The normalized spacial score (nSPS) is 12.2. The third-order valence-electron chi connectivity index (χ3n) is 5.00. The Hall–Kier alpha value is -4.07. The van der Waals surface area contributed by atoms with E-state index in [2.05, 4.69) is 15.4 Å². The molecule has 2 aromatic carbocycles. The van der Waals surface area contributed by atoms with E-state index in [4.69, 9.17) is 14.2 Å². The molecule has 0 atom stereocenters. The Morgan fingerprint density at radius 1 is 1.13 bits per heavy atom. The van der Waals surface area contributed by atoms with Crippen LogP contribution in [0.4, 0.5) is 0 Å². The SMILES string of the molecule is CCOc1ccc(-c2ccnc3c(C(=O)NCc4ccc5c(c4)OCO5)cnn23)cc1. The van der Waals surface area contributed by atoms with E-state index in [-0.39, 0.29) is 12.7 Å². The number of rotatable bonds is 6. The fraction of sp³-hybridized carbons (Fsp3) is 0.174. The largest absolute Gasteiger partial charge is 0.494 e. The number of nitrogens with one attached hydrogen (secondary N) is 1. The van der Waals surface area contributed by atoms with Crippen LogP contribution in [0, 0.1) is 0 Å². The van der Waals surface area contributed by atoms with Gasteiger partial charge in [0.15, 0.2) is 17.1 Å². The Labute approximate surface area is 178 Å². The monoisotopic (exact) mass is 416 g/mol. The van der Waals surface area contributed by atoms with Gasteiger partial charge in [-0.25, -0.2) is 9.50 Å². The summed E-state index contributed by atoms with van der Waals surface area (Å²) in [6, 6.07) is 15.2. The van der Waals surface area contributed by atoms with Crippen molar-refractivity contribution >= 4 is 11.6 Å². The van der Waals surface area contributed by atoms with Gasteiger partial charge in [0, 0.05) is 18.3 Å². The van der Waals surface area contributed by atoms with E-state index in [0.29, 0.717) is 35.9 Å². The molecule has 3 heterocycles. The molecule has 4 aromatic rings. The summed E-state index contributed by atoms with van der Waals surface area (Å²) in [7, 11) is 0. The molecule has 0 spiro atoms. The van der Waals surface area contributed by atoms with Gasteiger partial charge in [0.1, 0.15) is 11.3 Å². The van der Waals surface area contributed by atoms with Crippen LogP contribution in [0.1, 0.15) is 22.8 Å². The van der Waals surface area contributed by atoms with Gasteiger partial charge in [0.05, 0.1) is 18.5 Å². The van der Waals surface area contributed by atoms with E-state index >= 15 is 0 Å². The number of aromatic nitrogens is 3. The van der Waals surface area contributed by atoms with Crippen LogP contribution in [0.3, 0.4) is 0 Å². The summed E-state index contributed by atoms with van der Waals surface area (Å²) < 4.78 is 17.9. The Kier molecular flexibility index (Phi) is 4.87. The van der Waals surface area contributed by atoms with Crippen LogP contribution in [0.25, 0.3) is 16.9 Å². The zero-order valence-corrected chi connectivity index (χ0v) is 16.9. The molecule has 1 aliphatic heterocycles. The first-order valence-electron chi connectivity index (χ1n) is 9.95. The van der Waals surface area contributed by atoms with E-state index in [1.54, 1.807) is 10.7 Å². The highest BCUT2D eigenvalue weighted by molar-refractivity contribution is 5.99. The second-order valence-electron chi connectivity index (χ2n) is 6.95. The van der Waals surface area contributed by atoms with E-state index in [1.165, 1.54) is 6.20 Å². The molecular formula is C23H20N4O4. The summed E-state index contributed by atoms with van der Waals surface area (Å²) in [6.45, 7) is 3.13. The Balaban J connectivity index is 1.37. The van der Waals surface area contributed by atoms with Crippen molar-refractivity contribution in [3.63, 3.8) is 0 Å². The molecular weight excluding hydrogens is 396 g/mol. The molecule has 0 fully saturated rings. The van der Waals surface area contributed by atoms with Crippen molar-refractivity contribution in [2.45, 2.75) is 13.5 Å². The lowest BCUT2D eigenvalue weighted by Crippen LogP contribution is -2.22. The number of ether oxygens (including phenoxy) is 3. The summed E-state index contributed by atoms with van der Waals surface area (Å²) in [6.07, 6.45) is 3.22. The predicted molar refractivity (Wildman–Crippen MR) is 113 cm³/mol. The number of carbonyl (C=O) groups excluding carboxylic acids is 1. The van der Waals surface area contributed by atoms with Crippen LogP contribution in [-0.2, 0) is 6.54 Å². The molecule has 31 heavy (non-hydrogen) atoms. The molecule has 0 unspecified atom stereocenters. The minimum atomic E-state index is -0.246.